The number of esters is 1. The minimum absolute atomic E-state index is 0.198. The van der Waals surface area contributed by atoms with Gasteiger partial charge in [-0.25, -0.2) is 4.79 Å². The van der Waals surface area contributed by atoms with Gasteiger partial charge < -0.3 is 14.8 Å². The highest BCUT2D eigenvalue weighted by Crippen LogP contribution is 2.25. The molecule has 0 spiro atoms. The van der Waals surface area contributed by atoms with E-state index in [0.717, 1.165) is 31.2 Å². The van der Waals surface area contributed by atoms with E-state index in [-0.39, 0.29) is 24.5 Å². The van der Waals surface area contributed by atoms with Gasteiger partial charge in [0.15, 0.2) is 0 Å². The van der Waals surface area contributed by atoms with Gasteiger partial charge in [-0.1, -0.05) is 43.2 Å². The van der Waals surface area contributed by atoms with Gasteiger partial charge in [-0.2, -0.15) is 0 Å². The summed E-state index contributed by atoms with van der Waals surface area (Å²) in [5, 5.41) is 2.82. The number of alkyl carbamates (subject to hydrolysis) is 1. The number of carbonyl (C=O) groups excluding carboxylic acids is 2. The maximum absolute atomic E-state index is 12.0. The second kappa shape index (κ2) is 8.41. The Morgan fingerprint density at radius 2 is 1.86 bits per heavy atom. The lowest BCUT2D eigenvalue weighted by Gasteiger charge is -2.30. The standard InChI is InChI=1S/C17H23NO4/c1-2-21-16(19)14-10-6-7-11-15(14)18-17(20)22-12-13-8-4-3-5-9-13/h3-5,8-9,14-15H,2,6-7,10-12H2,1H3,(H,18,20)/t14-,15+/m1/s1. The number of hydrogen-bond acceptors (Lipinski definition) is 4. The first kappa shape index (κ1) is 16.3. The highest BCUT2D eigenvalue weighted by molar-refractivity contribution is 5.75. The molecule has 1 N–H and O–H groups in total. The third kappa shape index (κ3) is 4.76. The number of nitrogens with one attached hydrogen (secondary N) is 1. The fraction of sp³-hybridized carbons (Fsp3) is 0.529. The molecule has 0 saturated heterocycles. The van der Waals surface area contributed by atoms with Crippen LogP contribution in [0.4, 0.5) is 4.79 Å². The van der Waals surface area contributed by atoms with Gasteiger partial charge in [-0.15, -0.1) is 0 Å². The van der Waals surface area contributed by atoms with Crippen LogP contribution in [0.25, 0.3) is 0 Å². The monoisotopic (exact) mass is 305 g/mol. The normalized spacial score (nSPS) is 21.0. The highest BCUT2D eigenvalue weighted by atomic mass is 16.5. The van der Waals surface area contributed by atoms with Crippen LogP contribution in [0.15, 0.2) is 30.3 Å². The lowest BCUT2D eigenvalue weighted by Crippen LogP contribution is -2.45. The van der Waals surface area contributed by atoms with Crippen molar-refractivity contribution >= 4 is 12.1 Å². The molecule has 1 amide bonds. The summed E-state index contributed by atoms with van der Waals surface area (Å²) in [7, 11) is 0. The Labute approximate surface area is 131 Å². The summed E-state index contributed by atoms with van der Waals surface area (Å²) in [6.07, 6.45) is 3.04. The maximum Gasteiger partial charge on any atom is 0.407 e. The third-order valence-electron chi connectivity index (χ3n) is 3.87. The molecule has 1 aliphatic carbocycles. The zero-order valence-electron chi connectivity index (χ0n) is 12.9. The molecule has 2 rings (SSSR count). The van der Waals surface area contributed by atoms with E-state index in [1.807, 2.05) is 30.3 Å². The molecule has 0 aromatic heterocycles. The Kier molecular flexibility index (Phi) is 6.25. The Morgan fingerprint density at radius 1 is 1.14 bits per heavy atom. The smallest absolute Gasteiger partial charge is 0.407 e. The van der Waals surface area contributed by atoms with Crippen molar-refractivity contribution in [3.63, 3.8) is 0 Å². The molecule has 1 aliphatic rings. The lowest BCUT2D eigenvalue weighted by molar-refractivity contribution is -0.150. The van der Waals surface area contributed by atoms with Crippen LogP contribution < -0.4 is 5.32 Å². The van der Waals surface area contributed by atoms with Gasteiger partial charge in [0.1, 0.15) is 6.61 Å². The fourth-order valence-electron chi connectivity index (χ4n) is 2.75. The molecule has 0 unspecified atom stereocenters. The van der Waals surface area contributed by atoms with Gasteiger partial charge >= 0.3 is 12.1 Å². The van der Waals surface area contributed by atoms with Crippen LogP contribution in [0, 0.1) is 5.92 Å². The van der Waals surface area contributed by atoms with Crippen LogP contribution in [-0.2, 0) is 20.9 Å². The van der Waals surface area contributed by atoms with Crippen molar-refractivity contribution in [3.05, 3.63) is 35.9 Å². The van der Waals surface area contributed by atoms with Gasteiger partial charge in [0.05, 0.1) is 12.5 Å². The highest BCUT2D eigenvalue weighted by Gasteiger charge is 2.33. The number of carbonyl (C=O) groups is 2. The second-order valence-corrected chi connectivity index (χ2v) is 5.46. The molecule has 22 heavy (non-hydrogen) atoms. The molecule has 1 aromatic carbocycles. The minimum atomic E-state index is -0.481. The van der Waals surface area contributed by atoms with E-state index >= 15 is 0 Å². The van der Waals surface area contributed by atoms with Crippen LogP contribution >= 0.6 is 0 Å². The molecule has 2 atom stereocenters. The van der Waals surface area contributed by atoms with Crippen molar-refractivity contribution in [1.29, 1.82) is 0 Å². The van der Waals surface area contributed by atoms with Crippen LogP contribution in [0.1, 0.15) is 38.2 Å². The molecule has 1 aromatic rings. The van der Waals surface area contributed by atoms with E-state index in [2.05, 4.69) is 5.32 Å². The molecule has 5 heteroatoms. The topological polar surface area (TPSA) is 64.6 Å². The number of hydrogen-bond donors (Lipinski definition) is 1. The molecule has 0 bridgehead atoms. The Bertz CT molecular complexity index is 489. The Balaban J connectivity index is 1.84. The zero-order chi connectivity index (χ0) is 15.8. The summed E-state index contributed by atoms with van der Waals surface area (Å²) in [5.74, 6) is -0.492. The SMILES string of the molecule is CCOC(=O)[C@@H]1CCCC[C@@H]1NC(=O)OCc1ccccc1. The van der Waals surface area contributed by atoms with Crippen molar-refractivity contribution < 1.29 is 19.1 Å². The van der Waals surface area contributed by atoms with Crippen molar-refractivity contribution in [1.82, 2.24) is 5.32 Å². The molecule has 1 fully saturated rings. The van der Waals surface area contributed by atoms with E-state index < -0.39 is 6.09 Å². The second-order valence-electron chi connectivity index (χ2n) is 5.46. The first-order valence-corrected chi connectivity index (χ1v) is 7.84. The molecule has 1 saturated carbocycles. The van der Waals surface area contributed by atoms with Gasteiger partial charge in [0.25, 0.3) is 0 Å². The average Bonchev–Trinajstić information content (AvgIpc) is 2.54. The largest absolute Gasteiger partial charge is 0.466 e. The first-order chi connectivity index (χ1) is 10.7. The molecule has 5 nitrogen and oxygen atoms in total. The minimum Gasteiger partial charge on any atom is -0.466 e. The quantitative estimate of drug-likeness (QED) is 0.849. The number of amides is 1. The van der Waals surface area contributed by atoms with E-state index in [9.17, 15) is 9.59 Å². The Hall–Kier alpha value is -2.04. The number of ether oxygens (including phenoxy) is 2. The van der Waals surface area contributed by atoms with Gasteiger partial charge in [-0.3, -0.25) is 4.79 Å². The van der Waals surface area contributed by atoms with Crippen LogP contribution in [0.2, 0.25) is 0 Å². The average molecular weight is 305 g/mol. The van der Waals surface area contributed by atoms with Crippen LogP contribution in [0.5, 0.6) is 0 Å². The molecule has 0 heterocycles. The van der Waals surface area contributed by atoms with E-state index in [1.165, 1.54) is 0 Å². The summed E-state index contributed by atoms with van der Waals surface area (Å²) in [5.41, 5.74) is 0.934. The fourth-order valence-corrected chi connectivity index (χ4v) is 2.75. The molecule has 0 aliphatic heterocycles. The molecular formula is C17H23NO4. The Morgan fingerprint density at radius 3 is 2.59 bits per heavy atom. The van der Waals surface area contributed by atoms with Crippen molar-refractivity contribution in [2.24, 2.45) is 5.92 Å². The lowest BCUT2D eigenvalue weighted by atomic mass is 9.84. The van der Waals surface area contributed by atoms with E-state index in [1.54, 1.807) is 6.92 Å². The third-order valence-corrected chi connectivity index (χ3v) is 3.87. The van der Waals surface area contributed by atoms with Crippen molar-refractivity contribution in [2.45, 2.75) is 45.3 Å². The van der Waals surface area contributed by atoms with Crippen LogP contribution in [0.3, 0.4) is 0 Å². The van der Waals surface area contributed by atoms with Gasteiger partial charge in [0, 0.05) is 6.04 Å². The predicted octanol–water partition coefficient (Wildman–Crippen LogP) is 3.03. The van der Waals surface area contributed by atoms with Crippen molar-refractivity contribution in [2.75, 3.05) is 6.61 Å². The van der Waals surface area contributed by atoms with Gasteiger partial charge in [-0.05, 0) is 25.3 Å². The predicted molar refractivity (Wildman–Crippen MR) is 82.1 cm³/mol. The van der Waals surface area contributed by atoms with E-state index in [4.69, 9.17) is 9.47 Å². The summed E-state index contributed by atoms with van der Waals surface area (Å²) in [6.45, 7) is 2.38. The van der Waals surface area contributed by atoms with E-state index in [0.29, 0.717) is 6.61 Å². The van der Waals surface area contributed by atoms with Crippen molar-refractivity contribution in [3.8, 4) is 0 Å². The van der Waals surface area contributed by atoms with Gasteiger partial charge in [0.2, 0.25) is 0 Å². The summed E-state index contributed by atoms with van der Waals surface area (Å²) in [4.78, 5) is 23.9. The molecule has 120 valence electrons. The summed E-state index contributed by atoms with van der Waals surface area (Å²) in [6, 6.07) is 9.31. The first-order valence-electron chi connectivity index (χ1n) is 7.84. The van der Waals surface area contributed by atoms with Crippen LogP contribution in [-0.4, -0.2) is 24.7 Å². The summed E-state index contributed by atoms with van der Waals surface area (Å²) < 4.78 is 10.3. The number of benzene rings is 1. The zero-order valence-corrected chi connectivity index (χ0v) is 12.9. The number of rotatable bonds is 5. The molecule has 0 radical (unpaired) electrons. The molecular weight excluding hydrogens is 282 g/mol. The summed E-state index contributed by atoms with van der Waals surface area (Å²) >= 11 is 0. The maximum atomic E-state index is 12.0.